The van der Waals surface area contributed by atoms with E-state index in [1.807, 2.05) is 127 Å². The van der Waals surface area contributed by atoms with Crippen molar-refractivity contribution in [3.63, 3.8) is 0 Å². The number of methoxy groups -OCH3 is 2. The van der Waals surface area contributed by atoms with Gasteiger partial charge in [0.25, 0.3) is 11.1 Å². The number of hydrogen-bond acceptors (Lipinski definition) is 9. The smallest absolute Gasteiger partial charge is 0.254 e. The van der Waals surface area contributed by atoms with Crippen molar-refractivity contribution in [1.82, 2.24) is 10.2 Å². The zero-order valence-corrected chi connectivity index (χ0v) is 46.6. The number of likely N-dealkylation sites (N-methyl/N-ethyl adjacent to an activating group) is 2. The van der Waals surface area contributed by atoms with Crippen LogP contribution in [0.1, 0.15) is 43.0 Å². The monoisotopic (exact) mass is 1130 g/mol. The summed E-state index contributed by atoms with van der Waals surface area (Å²) in [5, 5.41) is 8.48. The van der Waals surface area contributed by atoms with Crippen molar-refractivity contribution >= 4 is 81.9 Å². The number of carbonyl (C=O) groups excluding carboxylic acids is 4. The number of halogens is 4. The molecule has 78 heavy (non-hydrogen) atoms. The summed E-state index contributed by atoms with van der Waals surface area (Å²) in [6.07, 6.45) is 0.948. The van der Waals surface area contributed by atoms with Gasteiger partial charge in [-0.3, -0.25) is 19.2 Å². The van der Waals surface area contributed by atoms with Crippen LogP contribution in [-0.2, 0) is 33.9 Å². The summed E-state index contributed by atoms with van der Waals surface area (Å²) in [6.45, 7) is 0. The van der Waals surface area contributed by atoms with E-state index in [0.717, 1.165) is 43.9 Å². The average Bonchev–Trinajstić information content (AvgIpc) is 3.47. The van der Waals surface area contributed by atoms with Crippen molar-refractivity contribution in [2.24, 2.45) is 0 Å². The second-order valence-corrected chi connectivity index (χ2v) is 19.6. The van der Waals surface area contributed by atoms with Gasteiger partial charge in [0.1, 0.15) is 29.2 Å². The first kappa shape index (κ1) is 61.4. The fourth-order valence-electron chi connectivity index (χ4n) is 7.59. The van der Waals surface area contributed by atoms with Crippen LogP contribution in [0.5, 0.6) is 11.5 Å². The third-order valence-corrected chi connectivity index (χ3v) is 14.3. The quantitative estimate of drug-likeness (QED) is 0.0505. The first-order chi connectivity index (χ1) is 37.3. The predicted octanol–water partition coefficient (Wildman–Crippen LogP) is 13.8. The van der Waals surface area contributed by atoms with E-state index < -0.39 is 17.1 Å². The van der Waals surface area contributed by atoms with E-state index in [1.165, 1.54) is 64.6 Å². The van der Waals surface area contributed by atoms with Gasteiger partial charge in [-0.25, -0.2) is 8.78 Å². The molecule has 0 aliphatic carbocycles. The molecule has 8 rings (SSSR count). The Morgan fingerprint density at radius 1 is 0.526 bits per heavy atom. The summed E-state index contributed by atoms with van der Waals surface area (Å²) in [5.41, 5.74) is 6.40. The summed E-state index contributed by atoms with van der Waals surface area (Å²) < 4.78 is 36.7. The Hall–Kier alpha value is -7.46. The Morgan fingerprint density at radius 2 is 0.910 bits per heavy atom. The number of nitrogens with zero attached hydrogens (tertiary/aromatic N) is 1. The third-order valence-electron chi connectivity index (χ3n) is 11.8. The van der Waals surface area contributed by atoms with Crippen molar-refractivity contribution in [3.05, 3.63) is 251 Å². The number of nitrogens with one attached hydrogen (secondary N) is 3. The Morgan fingerprint density at radius 3 is 1.31 bits per heavy atom. The van der Waals surface area contributed by atoms with Gasteiger partial charge in [0, 0.05) is 69.4 Å². The van der Waals surface area contributed by atoms with Gasteiger partial charge >= 0.3 is 0 Å². The van der Waals surface area contributed by atoms with Crippen LogP contribution in [-0.4, -0.2) is 68.3 Å². The van der Waals surface area contributed by atoms with Crippen LogP contribution in [0.25, 0.3) is 0 Å². The van der Waals surface area contributed by atoms with Gasteiger partial charge in [-0.2, -0.15) is 0 Å². The highest BCUT2D eigenvalue weighted by Gasteiger charge is 2.28. The Labute approximate surface area is 474 Å². The molecule has 0 spiro atoms. The van der Waals surface area contributed by atoms with Gasteiger partial charge in [-0.05, 0) is 120 Å². The standard InChI is InChI=1S/C31H29FN2O3S.C24H26N2O2S.C7H4ClFO.ClH/c1-34(31(36)24-13-15-25(32)16-14-24)27(19-22-9-5-3-6-10-22)30(35)33-26-17-18-29(28(20-26)37-2)38-21-23-11-7-4-8-12-23;1-25-21(15-18-9-5-3-6-10-18)24(27)26-20-13-14-23(22(16-20)28-2)29-17-19-11-7-4-8-12-19;8-7(10)5-1-3-6(9)4-2-5;/h3-18,20,27H,19,21H2,1-2H3,(H,33,35);3-14,16,21,25H,15,17H2,1-2H3,(H,26,27);1-4H;1H/t27-;21-;;/m00../s1. The van der Waals surface area contributed by atoms with Gasteiger partial charge in [-0.1, -0.05) is 121 Å². The number of thioether (sulfide) groups is 2. The Kier molecular flexibility index (Phi) is 25.4. The summed E-state index contributed by atoms with van der Waals surface area (Å²) in [5.74, 6) is 1.49. The third kappa shape index (κ3) is 19.5. The molecular weight excluding hydrogens is 1070 g/mol. The molecule has 8 aromatic carbocycles. The van der Waals surface area contributed by atoms with Gasteiger partial charge in [0.15, 0.2) is 0 Å². The molecular formula is C62H60Cl2F2N4O6S2. The van der Waals surface area contributed by atoms with Crippen molar-refractivity contribution in [2.45, 2.75) is 46.2 Å². The minimum Gasteiger partial charge on any atom is -0.496 e. The zero-order chi connectivity index (χ0) is 54.9. The average molecular weight is 1130 g/mol. The van der Waals surface area contributed by atoms with E-state index in [0.29, 0.717) is 35.4 Å². The molecule has 0 fully saturated rings. The molecule has 0 bridgehead atoms. The van der Waals surface area contributed by atoms with Crippen molar-refractivity contribution in [3.8, 4) is 11.5 Å². The van der Waals surface area contributed by atoms with E-state index in [9.17, 15) is 28.0 Å². The highest BCUT2D eigenvalue weighted by atomic mass is 35.5. The fourth-order valence-corrected chi connectivity index (χ4v) is 9.64. The molecule has 404 valence electrons. The normalized spacial score (nSPS) is 11.1. The predicted molar refractivity (Wildman–Crippen MR) is 315 cm³/mol. The number of carbonyl (C=O) groups is 4. The number of hydrogen-bond donors (Lipinski definition) is 3. The van der Waals surface area contributed by atoms with E-state index in [2.05, 4.69) is 40.2 Å². The first-order valence-corrected chi connectivity index (χ1v) is 26.7. The zero-order valence-electron chi connectivity index (χ0n) is 43.4. The van der Waals surface area contributed by atoms with Crippen LogP contribution >= 0.6 is 47.5 Å². The molecule has 0 unspecified atom stereocenters. The van der Waals surface area contributed by atoms with Crippen molar-refractivity contribution in [1.29, 1.82) is 0 Å². The van der Waals surface area contributed by atoms with E-state index >= 15 is 0 Å². The van der Waals surface area contributed by atoms with Crippen LogP contribution in [0.2, 0.25) is 0 Å². The topological polar surface area (TPSA) is 126 Å². The Bertz CT molecular complexity index is 3140. The second kappa shape index (κ2) is 32.3. The molecule has 10 nitrogen and oxygen atoms in total. The summed E-state index contributed by atoms with van der Waals surface area (Å²) in [4.78, 5) is 53.2. The number of rotatable bonds is 20. The number of anilines is 2. The summed E-state index contributed by atoms with van der Waals surface area (Å²) >= 11 is 8.46. The number of amides is 3. The van der Waals surface area contributed by atoms with Crippen molar-refractivity contribution in [2.75, 3.05) is 38.9 Å². The van der Waals surface area contributed by atoms with Gasteiger partial charge in [-0.15, -0.1) is 35.9 Å². The molecule has 0 heterocycles. The molecule has 0 saturated carbocycles. The largest absolute Gasteiger partial charge is 0.496 e. The lowest BCUT2D eigenvalue weighted by Gasteiger charge is -2.28. The molecule has 0 radical (unpaired) electrons. The molecule has 16 heteroatoms. The van der Waals surface area contributed by atoms with Crippen LogP contribution in [0, 0.1) is 11.6 Å². The minimum absolute atomic E-state index is 0. The van der Waals surface area contributed by atoms with Crippen LogP contribution in [0.4, 0.5) is 20.2 Å². The van der Waals surface area contributed by atoms with Crippen LogP contribution in [0.15, 0.2) is 216 Å². The number of benzene rings is 8. The highest BCUT2D eigenvalue weighted by Crippen LogP contribution is 2.35. The molecule has 0 aliphatic heterocycles. The van der Waals surface area contributed by atoms with Crippen LogP contribution < -0.4 is 25.4 Å². The lowest BCUT2D eigenvalue weighted by Crippen LogP contribution is -2.46. The molecule has 0 saturated heterocycles. The summed E-state index contributed by atoms with van der Waals surface area (Å²) in [6, 6.07) is 60.6. The molecule has 2 atom stereocenters. The van der Waals surface area contributed by atoms with E-state index in [4.69, 9.17) is 21.1 Å². The van der Waals surface area contributed by atoms with E-state index in [1.54, 1.807) is 57.9 Å². The second-order valence-electron chi connectivity index (χ2n) is 17.2. The summed E-state index contributed by atoms with van der Waals surface area (Å²) in [7, 11) is 6.64. The maximum atomic E-state index is 13.5. The first-order valence-electron chi connectivity index (χ1n) is 24.4. The fraction of sp³-hybridized carbons (Fsp3) is 0.161. The lowest BCUT2D eigenvalue weighted by molar-refractivity contribution is -0.120. The molecule has 3 amide bonds. The molecule has 0 aliphatic rings. The molecule has 0 aromatic heterocycles. The maximum Gasteiger partial charge on any atom is 0.254 e. The van der Waals surface area contributed by atoms with Gasteiger partial charge < -0.3 is 30.3 Å². The molecule has 3 N–H and O–H groups in total. The van der Waals surface area contributed by atoms with Gasteiger partial charge in [0.2, 0.25) is 11.8 Å². The van der Waals surface area contributed by atoms with E-state index in [-0.39, 0.29) is 42.0 Å². The highest BCUT2D eigenvalue weighted by molar-refractivity contribution is 7.98. The Balaban J connectivity index is 0.000000247. The number of ether oxygens (including phenoxy) is 2. The minimum atomic E-state index is -0.798. The van der Waals surface area contributed by atoms with Crippen LogP contribution in [0.3, 0.4) is 0 Å². The van der Waals surface area contributed by atoms with Gasteiger partial charge in [0.05, 0.1) is 20.3 Å². The maximum absolute atomic E-state index is 13.5. The lowest BCUT2D eigenvalue weighted by atomic mass is 10.0. The van der Waals surface area contributed by atoms with Crippen molar-refractivity contribution < 1.29 is 37.4 Å². The SMILES string of the molecule is CN[C@@H](Cc1ccccc1)C(=O)Nc1ccc(SCc2ccccc2)c(OC)c1.COc1cc(NC(=O)[C@H](Cc2ccccc2)N(C)C(=O)c2ccc(F)cc2)ccc1SCc1ccccc1.Cl.O=C(Cl)c1ccc(F)cc1. The molecule has 8 aromatic rings.